The number of benzene rings is 1. The van der Waals surface area contributed by atoms with E-state index in [1.165, 1.54) is 23.5 Å². The summed E-state index contributed by atoms with van der Waals surface area (Å²) in [5.41, 5.74) is -0.0216. The molecule has 21 heavy (non-hydrogen) atoms. The molecule has 1 fully saturated rings. The van der Waals surface area contributed by atoms with E-state index in [1.54, 1.807) is 7.05 Å². The molecule has 0 atom stereocenters. The Labute approximate surface area is 134 Å². The molecule has 1 saturated carbocycles. The SMILES string of the molecule is CN(CC1CCC1)C(=O)c1c(Cl)ccc(S(N)(=O)=O)c1Cl. The molecule has 1 aromatic carbocycles. The fourth-order valence-electron chi connectivity index (χ4n) is 2.29. The summed E-state index contributed by atoms with van der Waals surface area (Å²) in [5, 5.41) is 4.97. The van der Waals surface area contributed by atoms with Crippen molar-refractivity contribution < 1.29 is 13.2 Å². The largest absolute Gasteiger partial charge is 0.341 e. The Morgan fingerprint density at radius 3 is 2.48 bits per heavy atom. The summed E-state index contributed by atoms with van der Waals surface area (Å²) in [4.78, 5) is 13.7. The van der Waals surface area contributed by atoms with E-state index in [-0.39, 0.29) is 20.5 Å². The Kier molecular flexibility index (Phi) is 4.82. The first-order chi connectivity index (χ1) is 9.71. The van der Waals surface area contributed by atoms with Gasteiger partial charge in [0.2, 0.25) is 10.0 Å². The normalized spacial score (nSPS) is 15.6. The zero-order valence-corrected chi connectivity index (χ0v) is 13.8. The van der Waals surface area contributed by atoms with Crippen LogP contribution in [-0.2, 0) is 10.0 Å². The zero-order valence-electron chi connectivity index (χ0n) is 11.5. The van der Waals surface area contributed by atoms with E-state index in [0.29, 0.717) is 12.5 Å². The molecule has 0 radical (unpaired) electrons. The average Bonchev–Trinajstić information content (AvgIpc) is 2.31. The maximum atomic E-state index is 12.5. The maximum absolute atomic E-state index is 12.5. The first kappa shape index (κ1) is 16.5. The number of hydrogen-bond donors (Lipinski definition) is 1. The van der Waals surface area contributed by atoms with Crippen LogP contribution in [0.2, 0.25) is 10.0 Å². The first-order valence-electron chi connectivity index (χ1n) is 6.48. The summed E-state index contributed by atoms with van der Waals surface area (Å²) in [6, 6.07) is 2.51. The molecule has 2 N–H and O–H groups in total. The highest BCUT2D eigenvalue weighted by Gasteiger charge is 2.27. The van der Waals surface area contributed by atoms with Crippen LogP contribution in [0.5, 0.6) is 0 Å². The molecule has 2 rings (SSSR count). The topological polar surface area (TPSA) is 80.5 Å². The number of carbonyl (C=O) groups excluding carboxylic acids is 1. The van der Waals surface area contributed by atoms with Crippen molar-refractivity contribution in [2.75, 3.05) is 13.6 Å². The number of hydrogen-bond acceptors (Lipinski definition) is 3. The van der Waals surface area contributed by atoms with Gasteiger partial charge in [-0.05, 0) is 30.9 Å². The Bertz CT molecular complexity index is 672. The molecule has 0 heterocycles. The highest BCUT2D eigenvalue weighted by atomic mass is 35.5. The second-order valence-electron chi connectivity index (χ2n) is 5.26. The van der Waals surface area contributed by atoms with Crippen LogP contribution in [0.4, 0.5) is 0 Å². The van der Waals surface area contributed by atoms with Crippen molar-refractivity contribution in [1.82, 2.24) is 4.90 Å². The molecule has 0 saturated heterocycles. The first-order valence-corrected chi connectivity index (χ1v) is 8.78. The van der Waals surface area contributed by atoms with Gasteiger partial charge < -0.3 is 4.90 Å². The minimum atomic E-state index is -4.01. The van der Waals surface area contributed by atoms with Crippen LogP contribution in [0.1, 0.15) is 29.6 Å². The van der Waals surface area contributed by atoms with Crippen molar-refractivity contribution in [3.63, 3.8) is 0 Å². The molecule has 0 aliphatic heterocycles. The third-order valence-corrected chi connectivity index (χ3v) is 5.45. The second-order valence-corrected chi connectivity index (χ2v) is 7.58. The van der Waals surface area contributed by atoms with Gasteiger partial charge in [0.1, 0.15) is 4.90 Å². The quantitative estimate of drug-likeness (QED) is 0.905. The summed E-state index contributed by atoms with van der Waals surface area (Å²) in [6.45, 7) is 0.602. The molecule has 5 nitrogen and oxygen atoms in total. The Balaban J connectivity index is 2.35. The highest BCUT2D eigenvalue weighted by Crippen LogP contribution is 2.32. The summed E-state index contributed by atoms with van der Waals surface area (Å²) in [5.74, 6) is 0.0836. The van der Waals surface area contributed by atoms with E-state index < -0.39 is 15.9 Å². The summed E-state index contributed by atoms with van der Waals surface area (Å²) in [6.07, 6.45) is 3.36. The third kappa shape index (κ3) is 3.51. The number of amides is 1. The molecular weight excluding hydrogens is 335 g/mol. The van der Waals surface area contributed by atoms with Gasteiger partial charge in [-0.3, -0.25) is 4.79 Å². The number of carbonyl (C=O) groups is 1. The minimum absolute atomic E-state index is 0.0216. The van der Waals surface area contributed by atoms with Crippen molar-refractivity contribution in [1.29, 1.82) is 0 Å². The molecule has 0 unspecified atom stereocenters. The predicted octanol–water partition coefficient (Wildman–Crippen LogP) is 2.51. The Morgan fingerprint density at radius 2 is 2.00 bits per heavy atom. The van der Waals surface area contributed by atoms with E-state index in [1.807, 2.05) is 0 Å². The van der Waals surface area contributed by atoms with Crippen molar-refractivity contribution in [2.24, 2.45) is 11.1 Å². The van der Waals surface area contributed by atoms with Gasteiger partial charge in [-0.15, -0.1) is 0 Å². The van der Waals surface area contributed by atoms with E-state index in [9.17, 15) is 13.2 Å². The van der Waals surface area contributed by atoms with Gasteiger partial charge in [0.25, 0.3) is 5.91 Å². The molecule has 1 aliphatic carbocycles. The molecule has 1 amide bonds. The molecule has 8 heteroatoms. The standard InChI is InChI=1S/C13H16Cl2N2O3S/c1-17(7-8-3-2-4-8)13(18)11-9(14)5-6-10(12(11)15)21(16,19)20/h5-6,8H,2-4,7H2,1H3,(H2,16,19,20). The second kappa shape index (κ2) is 6.12. The van der Waals surface area contributed by atoms with Crippen LogP contribution < -0.4 is 5.14 Å². The fraction of sp³-hybridized carbons (Fsp3) is 0.462. The summed E-state index contributed by atoms with van der Waals surface area (Å²) >= 11 is 12.0. The lowest BCUT2D eigenvalue weighted by Crippen LogP contribution is -2.34. The van der Waals surface area contributed by atoms with Crippen LogP contribution >= 0.6 is 23.2 Å². The number of nitrogens with zero attached hydrogens (tertiary/aromatic N) is 1. The van der Waals surface area contributed by atoms with Gasteiger partial charge in [-0.25, -0.2) is 13.6 Å². The number of nitrogens with two attached hydrogens (primary N) is 1. The van der Waals surface area contributed by atoms with E-state index in [2.05, 4.69) is 0 Å². The fourth-order valence-corrected chi connectivity index (χ4v) is 3.75. The van der Waals surface area contributed by atoms with E-state index in [4.69, 9.17) is 28.3 Å². The van der Waals surface area contributed by atoms with E-state index >= 15 is 0 Å². The average molecular weight is 351 g/mol. The van der Waals surface area contributed by atoms with Gasteiger partial charge in [0, 0.05) is 13.6 Å². The van der Waals surface area contributed by atoms with Crippen molar-refractivity contribution in [2.45, 2.75) is 24.2 Å². The molecule has 0 bridgehead atoms. The zero-order chi connectivity index (χ0) is 15.8. The lowest BCUT2D eigenvalue weighted by atomic mass is 9.85. The smallest absolute Gasteiger partial charge is 0.256 e. The monoisotopic (exact) mass is 350 g/mol. The molecule has 0 aromatic heterocycles. The number of rotatable bonds is 4. The summed E-state index contributed by atoms with van der Waals surface area (Å²) in [7, 11) is -2.36. The van der Waals surface area contributed by atoms with Gasteiger partial charge >= 0.3 is 0 Å². The lowest BCUT2D eigenvalue weighted by molar-refractivity contribution is 0.0745. The van der Waals surface area contributed by atoms with Crippen LogP contribution in [0, 0.1) is 5.92 Å². The lowest BCUT2D eigenvalue weighted by Gasteiger charge is -2.30. The van der Waals surface area contributed by atoms with E-state index in [0.717, 1.165) is 12.8 Å². The number of sulfonamides is 1. The van der Waals surface area contributed by atoms with Gasteiger partial charge in [0.15, 0.2) is 0 Å². The molecule has 1 aliphatic rings. The minimum Gasteiger partial charge on any atom is -0.341 e. The molecule has 116 valence electrons. The van der Waals surface area contributed by atoms with Crippen LogP contribution in [0.25, 0.3) is 0 Å². The van der Waals surface area contributed by atoms with Crippen LogP contribution in [0.15, 0.2) is 17.0 Å². The van der Waals surface area contributed by atoms with Gasteiger partial charge in [-0.2, -0.15) is 0 Å². The predicted molar refractivity (Wildman–Crippen MR) is 82.1 cm³/mol. The Morgan fingerprint density at radius 1 is 1.38 bits per heavy atom. The summed E-state index contributed by atoms with van der Waals surface area (Å²) < 4.78 is 22.9. The maximum Gasteiger partial charge on any atom is 0.256 e. The van der Waals surface area contributed by atoms with Crippen molar-refractivity contribution in [3.8, 4) is 0 Å². The third-order valence-electron chi connectivity index (χ3n) is 3.68. The Hall–Kier alpha value is -0.820. The number of primary sulfonamides is 1. The molecule has 0 spiro atoms. The van der Waals surface area contributed by atoms with Crippen LogP contribution in [0.3, 0.4) is 0 Å². The molecular formula is C13H16Cl2N2O3S. The number of halogens is 2. The van der Waals surface area contributed by atoms with Crippen LogP contribution in [-0.4, -0.2) is 32.8 Å². The van der Waals surface area contributed by atoms with Gasteiger partial charge in [0.05, 0.1) is 15.6 Å². The highest BCUT2D eigenvalue weighted by molar-refractivity contribution is 7.89. The van der Waals surface area contributed by atoms with Crippen molar-refractivity contribution in [3.05, 3.63) is 27.7 Å². The van der Waals surface area contributed by atoms with Crippen molar-refractivity contribution >= 4 is 39.1 Å². The molecule has 1 aromatic rings. The van der Waals surface area contributed by atoms with Gasteiger partial charge in [-0.1, -0.05) is 29.6 Å².